The van der Waals surface area contributed by atoms with Crippen LogP contribution in [0.1, 0.15) is 38.4 Å². The van der Waals surface area contributed by atoms with Gasteiger partial charge < -0.3 is 24.6 Å². The number of aromatic nitrogens is 2. The molecule has 4 heterocycles. The van der Waals surface area contributed by atoms with Gasteiger partial charge in [0.25, 0.3) is 6.47 Å². The number of hydrogen-bond donors (Lipinski definition) is 2. The molecule has 5 rings (SSSR count). The molecule has 34 heavy (non-hydrogen) atoms. The molecule has 0 saturated carbocycles. The van der Waals surface area contributed by atoms with Crippen LogP contribution >= 0.6 is 0 Å². The van der Waals surface area contributed by atoms with Crippen molar-refractivity contribution in [3.8, 4) is 0 Å². The first kappa shape index (κ1) is 24.5. The highest BCUT2D eigenvalue weighted by molar-refractivity contribution is 5.89. The summed E-state index contributed by atoms with van der Waals surface area (Å²) in [7, 11) is 0. The molecular weight excluding hydrogens is 434 g/mol. The molecule has 0 amide bonds. The van der Waals surface area contributed by atoms with Gasteiger partial charge in [-0.15, -0.1) is 0 Å². The van der Waals surface area contributed by atoms with Crippen LogP contribution in [-0.4, -0.2) is 95.8 Å². The first-order valence-electron chi connectivity index (χ1n) is 12.4. The van der Waals surface area contributed by atoms with Crippen LogP contribution in [-0.2, 0) is 14.3 Å². The van der Waals surface area contributed by atoms with Gasteiger partial charge in [-0.2, -0.15) is 0 Å². The Balaban J connectivity index is 0.000000868. The molecule has 3 saturated heterocycles. The number of ether oxygens (including phenoxy) is 1. The Bertz CT molecular complexity index is 977. The van der Waals surface area contributed by atoms with E-state index >= 15 is 0 Å². The minimum Gasteiger partial charge on any atom is -0.483 e. The monoisotopic (exact) mass is 471 g/mol. The summed E-state index contributed by atoms with van der Waals surface area (Å²) >= 11 is 0. The molecule has 3 fully saturated rings. The fourth-order valence-electron chi connectivity index (χ4n) is 5.64. The fraction of sp³-hybridized carbons (Fsp3) is 0.640. The average molecular weight is 472 g/mol. The maximum atomic E-state index is 12.6. The number of cyclic esters (lactones) is 1. The highest BCUT2D eigenvalue weighted by atomic mass is 16.6. The smallest absolute Gasteiger partial charge is 0.312 e. The van der Waals surface area contributed by atoms with Crippen LogP contribution in [0.3, 0.4) is 0 Å². The van der Waals surface area contributed by atoms with Gasteiger partial charge in [-0.25, -0.2) is 4.98 Å². The Labute approximate surface area is 201 Å². The largest absolute Gasteiger partial charge is 0.483 e. The van der Waals surface area contributed by atoms with Crippen molar-refractivity contribution < 1.29 is 19.4 Å². The number of piperazine rings is 1. The van der Waals surface area contributed by atoms with E-state index in [9.17, 15) is 4.79 Å². The average Bonchev–Trinajstić information content (AvgIpc) is 3.37. The molecule has 9 heteroatoms. The number of rotatable bonds is 5. The number of benzene rings is 1. The van der Waals surface area contributed by atoms with E-state index in [1.807, 2.05) is 6.92 Å². The zero-order valence-corrected chi connectivity index (χ0v) is 20.3. The van der Waals surface area contributed by atoms with E-state index in [4.69, 9.17) is 19.6 Å². The lowest BCUT2D eigenvalue weighted by Crippen LogP contribution is -2.47. The van der Waals surface area contributed by atoms with Crippen LogP contribution in [0.2, 0.25) is 0 Å². The third kappa shape index (κ3) is 5.20. The maximum Gasteiger partial charge on any atom is 0.312 e. The predicted octanol–water partition coefficient (Wildman–Crippen LogP) is 2.50. The number of anilines is 1. The standard InChI is InChI=1S/C24H35N5O2.CH2O2/c1-3-27-11-8-24(9-12-27)17-19(31-23(24)30)7-10-28-13-15-29(16-14-28)21-6-4-5-20-22(21)26-18(2)25-20;2-1-3/h4-6,19H,3,7-17H2,1-2H3,(H,25,26);1H,(H,2,3). The molecule has 2 N–H and O–H groups in total. The van der Waals surface area contributed by atoms with Crippen LogP contribution in [0.5, 0.6) is 0 Å². The zero-order valence-electron chi connectivity index (χ0n) is 20.3. The van der Waals surface area contributed by atoms with Crippen molar-refractivity contribution in [1.29, 1.82) is 0 Å². The molecule has 186 valence electrons. The number of esters is 1. The lowest BCUT2D eigenvalue weighted by molar-refractivity contribution is -0.151. The molecule has 9 nitrogen and oxygen atoms in total. The van der Waals surface area contributed by atoms with E-state index < -0.39 is 0 Å². The van der Waals surface area contributed by atoms with Gasteiger partial charge in [0.15, 0.2) is 0 Å². The molecule has 0 aliphatic carbocycles. The summed E-state index contributed by atoms with van der Waals surface area (Å²) in [5, 5.41) is 6.89. The molecule has 0 bridgehead atoms. The van der Waals surface area contributed by atoms with Gasteiger partial charge in [0.2, 0.25) is 0 Å². The normalized spacial score (nSPS) is 23.1. The number of likely N-dealkylation sites (tertiary alicyclic amines) is 1. The van der Waals surface area contributed by atoms with Gasteiger partial charge >= 0.3 is 5.97 Å². The van der Waals surface area contributed by atoms with E-state index in [0.717, 1.165) is 94.9 Å². The molecule has 3 aliphatic rings. The highest BCUT2D eigenvalue weighted by Gasteiger charge is 2.50. The second-order valence-corrected chi connectivity index (χ2v) is 9.66. The van der Waals surface area contributed by atoms with E-state index in [1.165, 1.54) is 5.69 Å². The lowest BCUT2D eigenvalue weighted by atomic mass is 9.76. The number of imidazole rings is 1. The number of carbonyl (C=O) groups excluding carboxylic acids is 1. The molecule has 3 aliphatic heterocycles. The summed E-state index contributed by atoms with van der Waals surface area (Å²) in [5.41, 5.74) is 3.21. The summed E-state index contributed by atoms with van der Waals surface area (Å²) in [6.45, 7) is 12.2. The van der Waals surface area contributed by atoms with Gasteiger partial charge in [0, 0.05) is 39.1 Å². The van der Waals surface area contributed by atoms with Crippen molar-refractivity contribution in [3.63, 3.8) is 0 Å². The minimum absolute atomic E-state index is 0.0699. The van der Waals surface area contributed by atoms with Gasteiger partial charge in [0.1, 0.15) is 17.4 Å². The number of carboxylic acid groups (broad SMARTS) is 1. The second kappa shape index (κ2) is 10.7. The van der Waals surface area contributed by atoms with Crippen LogP contribution in [0, 0.1) is 12.3 Å². The number of nitrogens with zero attached hydrogens (tertiary/aromatic N) is 4. The van der Waals surface area contributed by atoms with Crippen molar-refractivity contribution in [1.82, 2.24) is 19.8 Å². The Morgan fingerprint density at radius 3 is 2.56 bits per heavy atom. The molecule has 1 unspecified atom stereocenters. The number of para-hydroxylation sites is 1. The van der Waals surface area contributed by atoms with Crippen molar-refractivity contribution in [2.75, 3.05) is 57.3 Å². The predicted molar refractivity (Wildman–Crippen MR) is 131 cm³/mol. The lowest BCUT2D eigenvalue weighted by Gasteiger charge is -2.36. The van der Waals surface area contributed by atoms with Gasteiger partial charge in [0.05, 0.1) is 16.6 Å². The maximum absolute atomic E-state index is 12.6. The number of aromatic amines is 1. The summed E-state index contributed by atoms with van der Waals surface area (Å²) in [6.07, 6.45) is 3.91. The minimum atomic E-state index is -0.250. The number of piperidine rings is 1. The number of H-pyrrole nitrogens is 1. The molecule has 0 radical (unpaired) electrons. The Morgan fingerprint density at radius 2 is 1.88 bits per heavy atom. The summed E-state index contributed by atoms with van der Waals surface area (Å²) in [5.74, 6) is 1.03. The van der Waals surface area contributed by atoms with Gasteiger partial charge in [-0.05, 0) is 58.0 Å². The van der Waals surface area contributed by atoms with Crippen LogP contribution in [0.4, 0.5) is 5.69 Å². The van der Waals surface area contributed by atoms with Crippen LogP contribution in [0.25, 0.3) is 11.0 Å². The van der Waals surface area contributed by atoms with E-state index in [-0.39, 0.29) is 24.0 Å². The molecule has 2 aromatic rings. The van der Waals surface area contributed by atoms with Crippen molar-refractivity contribution in [2.24, 2.45) is 5.41 Å². The Morgan fingerprint density at radius 1 is 1.18 bits per heavy atom. The van der Waals surface area contributed by atoms with Gasteiger partial charge in [-0.3, -0.25) is 14.5 Å². The molecule has 1 atom stereocenters. The number of carbonyl (C=O) groups is 2. The van der Waals surface area contributed by atoms with E-state index in [2.05, 4.69) is 44.8 Å². The van der Waals surface area contributed by atoms with Crippen molar-refractivity contribution >= 4 is 29.2 Å². The fourth-order valence-corrected chi connectivity index (χ4v) is 5.64. The molecule has 1 aromatic carbocycles. The topological polar surface area (TPSA) is 102 Å². The first-order chi connectivity index (χ1) is 16.5. The number of nitrogens with one attached hydrogen (secondary N) is 1. The SMILES string of the molecule is CCN1CCC2(CC1)CC(CCN1CCN(c3cccc4[nH]c(C)nc34)CC1)OC2=O.O=CO. The summed E-state index contributed by atoms with van der Waals surface area (Å²) in [4.78, 5) is 36.4. The highest BCUT2D eigenvalue weighted by Crippen LogP contribution is 2.43. The first-order valence-corrected chi connectivity index (χ1v) is 12.4. The second-order valence-electron chi connectivity index (χ2n) is 9.66. The molecular formula is C25H37N5O4. The summed E-state index contributed by atoms with van der Waals surface area (Å²) in [6, 6.07) is 6.38. The number of aryl methyl sites for hydroxylation is 1. The third-order valence-electron chi connectivity index (χ3n) is 7.68. The quantitative estimate of drug-likeness (QED) is 0.507. The summed E-state index contributed by atoms with van der Waals surface area (Å²) < 4.78 is 5.85. The third-order valence-corrected chi connectivity index (χ3v) is 7.68. The number of fused-ring (bicyclic) bond motifs is 1. The van der Waals surface area contributed by atoms with Crippen LogP contribution < -0.4 is 4.90 Å². The van der Waals surface area contributed by atoms with Crippen LogP contribution in [0.15, 0.2) is 18.2 Å². The number of hydrogen-bond acceptors (Lipinski definition) is 7. The van der Waals surface area contributed by atoms with Crippen molar-refractivity contribution in [2.45, 2.75) is 45.6 Å². The Kier molecular flexibility index (Phi) is 7.73. The van der Waals surface area contributed by atoms with E-state index in [1.54, 1.807) is 0 Å². The molecule has 1 aromatic heterocycles. The zero-order chi connectivity index (χ0) is 24.1. The van der Waals surface area contributed by atoms with Crippen molar-refractivity contribution in [3.05, 3.63) is 24.0 Å². The van der Waals surface area contributed by atoms with E-state index in [0.29, 0.717) is 0 Å². The Hall–Kier alpha value is -2.65. The molecule has 1 spiro atoms. The van der Waals surface area contributed by atoms with Gasteiger partial charge in [-0.1, -0.05) is 13.0 Å².